The van der Waals surface area contributed by atoms with Gasteiger partial charge in [0.25, 0.3) is 5.91 Å². The summed E-state index contributed by atoms with van der Waals surface area (Å²) < 4.78 is 5.31. The molecule has 0 spiro atoms. The number of fused-ring (bicyclic) bond motifs is 2. The van der Waals surface area contributed by atoms with Crippen molar-refractivity contribution in [3.63, 3.8) is 0 Å². The molecule has 2 aliphatic carbocycles. The normalized spacial score (nSPS) is 20.1. The second-order valence-corrected chi connectivity index (χ2v) is 10.1. The zero-order chi connectivity index (χ0) is 23.8. The Hall–Kier alpha value is -3.18. The predicted octanol–water partition coefficient (Wildman–Crippen LogP) is 5.48. The monoisotopic (exact) mass is 467 g/mol. The van der Waals surface area contributed by atoms with Gasteiger partial charge < -0.3 is 15.0 Å². The molecule has 0 bridgehead atoms. The first-order chi connectivity index (χ1) is 17.2. The molecule has 180 valence electrons. The van der Waals surface area contributed by atoms with Crippen LogP contribution in [0.4, 0.5) is 0 Å². The van der Waals surface area contributed by atoms with Gasteiger partial charge in [0.1, 0.15) is 5.75 Å². The van der Waals surface area contributed by atoms with Gasteiger partial charge in [-0.3, -0.25) is 4.79 Å². The average molecular weight is 468 g/mol. The van der Waals surface area contributed by atoms with Gasteiger partial charge in [-0.1, -0.05) is 30.3 Å². The molecule has 3 aromatic rings. The first-order valence-corrected chi connectivity index (χ1v) is 13.0. The summed E-state index contributed by atoms with van der Waals surface area (Å²) in [5.41, 5.74) is 6.13. The quantitative estimate of drug-likeness (QED) is 0.540. The minimum atomic E-state index is 0.0652. The molecule has 1 amide bonds. The number of para-hydroxylation sites is 1. The summed E-state index contributed by atoms with van der Waals surface area (Å²) in [6, 6.07) is 17.3. The van der Waals surface area contributed by atoms with Crippen molar-refractivity contribution < 1.29 is 9.53 Å². The van der Waals surface area contributed by atoms with Gasteiger partial charge >= 0.3 is 0 Å². The van der Waals surface area contributed by atoms with Gasteiger partial charge in [0.15, 0.2) is 0 Å². The highest BCUT2D eigenvalue weighted by Crippen LogP contribution is 2.36. The number of amides is 1. The molecular formula is C30H33N3O2. The van der Waals surface area contributed by atoms with Crippen LogP contribution >= 0.6 is 0 Å². The lowest BCUT2D eigenvalue weighted by Crippen LogP contribution is -2.45. The number of methoxy groups -OCH3 is 1. The van der Waals surface area contributed by atoms with Crippen molar-refractivity contribution >= 4 is 28.5 Å². The molecule has 2 aromatic carbocycles. The molecule has 1 aromatic heterocycles. The van der Waals surface area contributed by atoms with Crippen molar-refractivity contribution in [2.24, 2.45) is 0 Å². The van der Waals surface area contributed by atoms with Crippen LogP contribution < -0.4 is 10.1 Å². The molecule has 3 aliphatic rings. The Morgan fingerprint density at radius 1 is 1.03 bits per heavy atom. The number of carbonyl (C=O) groups is 1. The topological polar surface area (TPSA) is 54.5 Å². The third kappa shape index (κ3) is 4.57. The van der Waals surface area contributed by atoms with Crippen LogP contribution in [0.5, 0.6) is 5.75 Å². The molecule has 1 saturated heterocycles. The summed E-state index contributed by atoms with van der Waals surface area (Å²) in [5, 5.41) is 4.37. The third-order valence-electron chi connectivity index (χ3n) is 7.78. The minimum absolute atomic E-state index is 0.0652. The Balaban J connectivity index is 1.33. The summed E-state index contributed by atoms with van der Waals surface area (Å²) in [7, 11) is 1.68. The lowest BCUT2D eigenvalue weighted by atomic mass is 9.85. The first kappa shape index (κ1) is 22.3. The van der Waals surface area contributed by atoms with Gasteiger partial charge in [-0.15, -0.1) is 0 Å². The number of aromatic nitrogens is 1. The average Bonchev–Trinajstić information content (AvgIpc) is 3.74. The molecule has 0 atom stereocenters. The molecule has 1 aliphatic heterocycles. The number of allylic oxidation sites excluding steroid dienone is 1. The third-order valence-corrected chi connectivity index (χ3v) is 7.78. The minimum Gasteiger partial charge on any atom is -0.497 e. The number of likely N-dealkylation sites (tertiary alicyclic amines) is 1. The second kappa shape index (κ2) is 9.46. The van der Waals surface area contributed by atoms with Crippen LogP contribution in [0.3, 0.4) is 0 Å². The van der Waals surface area contributed by atoms with Crippen LogP contribution in [0.2, 0.25) is 0 Å². The van der Waals surface area contributed by atoms with E-state index in [1.807, 2.05) is 30.3 Å². The number of benzene rings is 2. The van der Waals surface area contributed by atoms with Gasteiger partial charge in [-0.25, -0.2) is 4.98 Å². The number of carbonyl (C=O) groups excluding carboxylic acids is 1. The highest BCUT2D eigenvalue weighted by molar-refractivity contribution is 6.09. The smallest absolute Gasteiger partial charge is 0.252 e. The largest absolute Gasteiger partial charge is 0.497 e. The van der Waals surface area contributed by atoms with E-state index in [0.29, 0.717) is 0 Å². The predicted molar refractivity (Wildman–Crippen MR) is 141 cm³/mol. The van der Waals surface area contributed by atoms with Gasteiger partial charge in [-0.2, -0.15) is 0 Å². The van der Waals surface area contributed by atoms with Crippen LogP contribution in [0.1, 0.15) is 65.7 Å². The summed E-state index contributed by atoms with van der Waals surface area (Å²) in [6.07, 6.45) is 9.85. The van der Waals surface area contributed by atoms with Gasteiger partial charge in [0.05, 0.1) is 23.9 Å². The Morgan fingerprint density at radius 2 is 1.80 bits per heavy atom. The summed E-state index contributed by atoms with van der Waals surface area (Å²) in [4.78, 5) is 21.4. The standard InChI is InChI=1S/C30H33N3O2/c1-35-24-13-9-20(10-14-24)19-21-5-4-7-26-28(25-6-2-3-8-27(25)32-29(21)26)30(34)31-22-15-17-33(18-16-22)23-11-12-23/h2-3,6,8-10,13-14,19,22-23H,4-5,7,11-12,15-18H2,1H3,(H,31,34)/b21-19+. The van der Waals surface area contributed by atoms with Crippen molar-refractivity contribution in [1.82, 2.24) is 15.2 Å². The molecule has 2 heterocycles. The van der Waals surface area contributed by atoms with Crippen LogP contribution in [0.25, 0.3) is 22.6 Å². The van der Waals surface area contributed by atoms with E-state index in [1.165, 1.54) is 18.4 Å². The number of nitrogens with zero attached hydrogens (tertiary/aromatic N) is 2. The molecule has 1 N–H and O–H groups in total. The SMILES string of the molecule is COc1ccc(/C=C2\CCCc3c2nc2ccccc2c3C(=O)NC2CCN(C3CC3)CC2)cc1. The Kier molecular flexibility index (Phi) is 6.03. The van der Waals surface area contributed by atoms with Gasteiger partial charge in [0, 0.05) is 30.6 Å². The van der Waals surface area contributed by atoms with Crippen molar-refractivity contribution in [2.45, 2.75) is 57.0 Å². The van der Waals surface area contributed by atoms with Crippen molar-refractivity contribution in [1.29, 1.82) is 0 Å². The molecule has 0 radical (unpaired) electrons. The van der Waals surface area contributed by atoms with Crippen LogP contribution in [0.15, 0.2) is 48.5 Å². The zero-order valence-corrected chi connectivity index (χ0v) is 20.4. The van der Waals surface area contributed by atoms with E-state index in [2.05, 4.69) is 34.5 Å². The van der Waals surface area contributed by atoms with Gasteiger partial charge in [-0.05, 0) is 85.9 Å². The van der Waals surface area contributed by atoms with Crippen molar-refractivity contribution in [3.8, 4) is 5.75 Å². The Morgan fingerprint density at radius 3 is 2.54 bits per heavy atom. The number of hydrogen-bond donors (Lipinski definition) is 1. The molecular weight excluding hydrogens is 434 g/mol. The summed E-state index contributed by atoms with van der Waals surface area (Å²) >= 11 is 0. The number of rotatable bonds is 5. The van der Waals surface area contributed by atoms with Crippen molar-refractivity contribution in [2.75, 3.05) is 20.2 Å². The fourth-order valence-corrected chi connectivity index (χ4v) is 5.74. The highest BCUT2D eigenvalue weighted by atomic mass is 16.5. The Labute approximate surface area is 207 Å². The van der Waals surface area contributed by atoms with E-state index in [-0.39, 0.29) is 11.9 Å². The van der Waals surface area contributed by atoms with E-state index in [1.54, 1.807) is 7.11 Å². The number of nitrogens with one attached hydrogen (secondary N) is 1. The number of pyridine rings is 1. The van der Waals surface area contributed by atoms with Crippen LogP contribution in [-0.4, -0.2) is 48.1 Å². The van der Waals surface area contributed by atoms with Gasteiger partial charge in [0.2, 0.25) is 0 Å². The zero-order valence-electron chi connectivity index (χ0n) is 20.4. The van der Waals surface area contributed by atoms with E-state index < -0.39 is 0 Å². The fourth-order valence-electron chi connectivity index (χ4n) is 5.74. The molecule has 5 nitrogen and oxygen atoms in total. The first-order valence-electron chi connectivity index (χ1n) is 13.0. The maximum atomic E-state index is 13.8. The molecule has 0 unspecified atom stereocenters. The number of piperidine rings is 1. The Bertz CT molecular complexity index is 1270. The molecule has 1 saturated carbocycles. The van der Waals surface area contributed by atoms with E-state index in [9.17, 15) is 4.79 Å². The maximum absolute atomic E-state index is 13.8. The summed E-state index contributed by atoms with van der Waals surface area (Å²) in [5.74, 6) is 0.914. The number of ether oxygens (including phenoxy) is 1. The molecule has 6 rings (SSSR count). The lowest BCUT2D eigenvalue weighted by Gasteiger charge is -2.32. The van der Waals surface area contributed by atoms with E-state index in [0.717, 1.165) is 90.3 Å². The maximum Gasteiger partial charge on any atom is 0.252 e. The molecule has 5 heteroatoms. The van der Waals surface area contributed by atoms with E-state index >= 15 is 0 Å². The summed E-state index contributed by atoms with van der Waals surface area (Å²) in [6.45, 7) is 2.19. The second-order valence-electron chi connectivity index (χ2n) is 10.1. The fraction of sp³-hybridized carbons (Fsp3) is 0.400. The molecule has 2 fully saturated rings. The van der Waals surface area contributed by atoms with E-state index in [4.69, 9.17) is 9.72 Å². The number of hydrogen-bond acceptors (Lipinski definition) is 4. The highest BCUT2D eigenvalue weighted by Gasteiger charge is 2.33. The van der Waals surface area contributed by atoms with Crippen LogP contribution in [0, 0.1) is 0 Å². The van der Waals surface area contributed by atoms with Crippen molar-refractivity contribution in [3.05, 3.63) is 70.9 Å². The molecule has 35 heavy (non-hydrogen) atoms. The van der Waals surface area contributed by atoms with Crippen LogP contribution in [-0.2, 0) is 6.42 Å². The lowest BCUT2D eigenvalue weighted by molar-refractivity contribution is 0.0909.